The molecule has 1 aromatic heterocycles. The molecule has 24 heavy (non-hydrogen) atoms. The van der Waals surface area contributed by atoms with E-state index in [4.69, 9.17) is 4.74 Å². The third-order valence-electron chi connectivity index (χ3n) is 3.95. The summed E-state index contributed by atoms with van der Waals surface area (Å²) >= 11 is 0. The molecule has 2 heterocycles. The summed E-state index contributed by atoms with van der Waals surface area (Å²) in [6.45, 7) is 5.35. The number of nitriles is 1. The van der Waals surface area contributed by atoms with Crippen molar-refractivity contribution in [3.05, 3.63) is 29.8 Å². The van der Waals surface area contributed by atoms with Crippen LogP contribution in [0.15, 0.2) is 29.3 Å². The number of pyridine rings is 1. The minimum Gasteiger partial charge on any atom is -0.372 e. The molecule has 0 unspecified atom stereocenters. The topological polar surface area (TPSA) is 104 Å². The van der Waals surface area contributed by atoms with Crippen LogP contribution in [0.4, 0.5) is 5.69 Å². The monoisotopic (exact) mass is 347 g/mol. The lowest BCUT2D eigenvalue weighted by molar-refractivity contribution is -0.00513. The first kappa shape index (κ1) is 16.6. The molecule has 126 valence electrons. The summed E-state index contributed by atoms with van der Waals surface area (Å²) in [5.41, 5.74) is 1.38. The van der Waals surface area contributed by atoms with Crippen molar-refractivity contribution in [1.29, 1.82) is 5.26 Å². The molecule has 1 aliphatic heterocycles. The Hall–Kier alpha value is -2.21. The first-order valence-electron chi connectivity index (χ1n) is 7.51. The van der Waals surface area contributed by atoms with Crippen molar-refractivity contribution < 1.29 is 17.7 Å². The Bertz CT molecular complexity index is 926. The Morgan fingerprint density at radius 3 is 2.50 bits per heavy atom. The van der Waals surface area contributed by atoms with Gasteiger partial charge in [-0.25, -0.2) is 4.98 Å². The van der Waals surface area contributed by atoms with Gasteiger partial charge in [0.1, 0.15) is 6.07 Å². The average molecular weight is 347 g/mol. The molecule has 1 aliphatic rings. The fourth-order valence-electron chi connectivity index (χ4n) is 3.07. The first-order chi connectivity index (χ1) is 11.3. The van der Waals surface area contributed by atoms with Crippen molar-refractivity contribution in [2.24, 2.45) is 0 Å². The summed E-state index contributed by atoms with van der Waals surface area (Å²) in [7, 11) is -4.43. The Labute approximate surface area is 140 Å². The van der Waals surface area contributed by atoms with Crippen molar-refractivity contribution >= 4 is 26.7 Å². The highest BCUT2D eigenvalue weighted by Crippen LogP contribution is 2.31. The lowest BCUT2D eigenvalue weighted by Gasteiger charge is -2.37. The molecular weight excluding hydrogens is 330 g/mol. The number of hydrogen-bond acceptors (Lipinski definition) is 6. The van der Waals surface area contributed by atoms with Crippen LogP contribution in [0.3, 0.4) is 0 Å². The van der Waals surface area contributed by atoms with Gasteiger partial charge in [-0.05, 0) is 38.1 Å². The second-order valence-corrected chi connectivity index (χ2v) is 7.30. The average Bonchev–Trinajstić information content (AvgIpc) is 2.51. The third-order valence-corrected chi connectivity index (χ3v) is 4.71. The molecule has 0 saturated carbocycles. The molecule has 1 N–H and O–H groups in total. The number of fused-ring (bicyclic) bond motifs is 1. The normalized spacial score (nSPS) is 21.7. The van der Waals surface area contributed by atoms with Gasteiger partial charge in [0.2, 0.25) is 0 Å². The maximum atomic E-state index is 11.3. The van der Waals surface area contributed by atoms with E-state index in [2.05, 4.69) is 9.88 Å². The van der Waals surface area contributed by atoms with Crippen LogP contribution in [0.25, 0.3) is 10.9 Å². The van der Waals surface area contributed by atoms with E-state index in [9.17, 15) is 18.2 Å². The molecule has 2 atom stereocenters. The van der Waals surface area contributed by atoms with E-state index in [1.807, 2.05) is 26.0 Å². The highest BCUT2D eigenvalue weighted by Gasteiger charge is 2.24. The number of hydrogen-bond donors (Lipinski definition) is 1. The maximum absolute atomic E-state index is 11.3. The number of nitrogens with zero attached hydrogens (tertiary/aromatic N) is 3. The molecule has 0 radical (unpaired) electrons. The maximum Gasteiger partial charge on any atom is 0.312 e. The highest BCUT2D eigenvalue weighted by atomic mass is 32.2. The molecule has 8 heteroatoms. The zero-order valence-corrected chi connectivity index (χ0v) is 14.1. The quantitative estimate of drug-likeness (QED) is 0.828. The van der Waals surface area contributed by atoms with Crippen molar-refractivity contribution in [1.82, 2.24) is 4.98 Å². The molecule has 3 rings (SSSR count). The minimum absolute atomic E-state index is 0.0597. The van der Waals surface area contributed by atoms with Gasteiger partial charge >= 0.3 is 10.1 Å². The Morgan fingerprint density at radius 2 is 1.92 bits per heavy atom. The van der Waals surface area contributed by atoms with Gasteiger partial charge in [-0.2, -0.15) is 13.7 Å². The van der Waals surface area contributed by atoms with E-state index in [0.29, 0.717) is 18.5 Å². The number of ether oxygens (including phenoxy) is 1. The molecule has 1 aromatic carbocycles. The summed E-state index contributed by atoms with van der Waals surface area (Å²) < 4.78 is 37.6. The van der Waals surface area contributed by atoms with E-state index in [1.165, 1.54) is 6.07 Å². The van der Waals surface area contributed by atoms with Gasteiger partial charge < -0.3 is 9.64 Å². The summed E-state index contributed by atoms with van der Waals surface area (Å²) in [5.74, 6) is 0. The van der Waals surface area contributed by atoms with E-state index in [0.717, 1.165) is 5.69 Å². The number of benzene rings is 1. The predicted octanol–water partition coefficient (Wildman–Crippen LogP) is 1.97. The van der Waals surface area contributed by atoms with E-state index in [1.54, 1.807) is 12.1 Å². The van der Waals surface area contributed by atoms with Crippen molar-refractivity contribution in [2.45, 2.75) is 31.1 Å². The highest BCUT2D eigenvalue weighted by molar-refractivity contribution is 7.85. The van der Waals surface area contributed by atoms with Gasteiger partial charge in [-0.1, -0.05) is 0 Å². The van der Waals surface area contributed by atoms with Gasteiger partial charge in [0, 0.05) is 24.2 Å². The Morgan fingerprint density at radius 1 is 1.25 bits per heavy atom. The summed E-state index contributed by atoms with van der Waals surface area (Å²) in [6, 6.07) is 8.28. The van der Waals surface area contributed by atoms with Gasteiger partial charge in [0.25, 0.3) is 0 Å². The van der Waals surface area contributed by atoms with Gasteiger partial charge in [0.15, 0.2) is 5.03 Å². The summed E-state index contributed by atoms with van der Waals surface area (Å²) in [4.78, 5) is 6.13. The summed E-state index contributed by atoms with van der Waals surface area (Å²) in [6.07, 6.45) is 0.119. The lowest BCUT2D eigenvalue weighted by Crippen LogP contribution is -2.45. The number of morpholine rings is 1. The van der Waals surface area contributed by atoms with E-state index < -0.39 is 15.1 Å². The molecule has 2 aromatic rings. The smallest absolute Gasteiger partial charge is 0.312 e. The van der Waals surface area contributed by atoms with Crippen LogP contribution in [0.5, 0.6) is 0 Å². The molecular formula is C16H17N3O4S. The fraction of sp³-hybridized carbons (Fsp3) is 0.375. The van der Waals surface area contributed by atoms with Crippen LogP contribution < -0.4 is 4.90 Å². The van der Waals surface area contributed by atoms with Crippen LogP contribution in [-0.4, -0.2) is 43.3 Å². The fourth-order valence-corrected chi connectivity index (χ4v) is 3.52. The molecule has 7 nitrogen and oxygen atoms in total. The van der Waals surface area contributed by atoms with E-state index >= 15 is 0 Å². The number of anilines is 1. The second-order valence-electron chi connectivity index (χ2n) is 5.93. The van der Waals surface area contributed by atoms with E-state index in [-0.39, 0.29) is 23.3 Å². The second kappa shape index (κ2) is 6.02. The molecule has 0 amide bonds. The van der Waals surface area contributed by atoms with Gasteiger partial charge in [0.05, 0.1) is 23.3 Å². The standard InChI is InChI=1S/C16H17N3O4S/c1-10-8-19(9-11(2)23-10)14-5-3-12(7-17)16-13(14)4-6-15(18-16)24(20,21)22/h3-6,10-11H,8-9H2,1-2H3,(H,20,21,22)/t10-,11+. The third kappa shape index (κ3) is 3.06. The number of rotatable bonds is 2. The van der Waals surface area contributed by atoms with Gasteiger partial charge in [-0.3, -0.25) is 4.55 Å². The Kier molecular flexibility index (Phi) is 4.17. The Balaban J connectivity index is 2.19. The van der Waals surface area contributed by atoms with Crippen molar-refractivity contribution in [3.63, 3.8) is 0 Å². The lowest BCUT2D eigenvalue weighted by atomic mass is 10.1. The van der Waals surface area contributed by atoms with Gasteiger partial charge in [-0.15, -0.1) is 0 Å². The van der Waals surface area contributed by atoms with Crippen molar-refractivity contribution in [2.75, 3.05) is 18.0 Å². The zero-order chi connectivity index (χ0) is 17.5. The molecule has 0 aliphatic carbocycles. The van der Waals surface area contributed by atoms with Crippen LogP contribution in [0, 0.1) is 11.3 Å². The molecule has 1 saturated heterocycles. The molecule has 1 fully saturated rings. The largest absolute Gasteiger partial charge is 0.372 e. The molecule has 0 bridgehead atoms. The SMILES string of the molecule is C[C@@H]1CN(c2ccc(C#N)c3nc(S(=O)(=O)O)ccc23)C[C@H](C)O1. The van der Waals surface area contributed by atoms with Crippen LogP contribution in [-0.2, 0) is 14.9 Å². The minimum atomic E-state index is -4.43. The van der Waals surface area contributed by atoms with Crippen molar-refractivity contribution in [3.8, 4) is 6.07 Å². The molecule has 0 spiro atoms. The predicted molar refractivity (Wildman–Crippen MR) is 88.5 cm³/mol. The summed E-state index contributed by atoms with van der Waals surface area (Å²) in [5, 5.41) is 9.48. The van der Waals surface area contributed by atoms with Crippen LogP contribution >= 0.6 is 0 Å². The zero-order valence-electron chi connectivity index (χ0n) is 13.3. The van der Waals surface area contributed by atoms with Crippen LogP contribution in [0.1, 0.15) is 19.4 Å². The first-order valence-corrected chi connectivity index (χ1v) is 8.95. The van der Waals surface area contributed by atoms with Crippen LogP contribution in [0.2, 0.25) is 0 Å². The number of aromatic nitrogens is 1.